The van der Waals surface area contributed by atoms with E-state index < -0.39 is 58.0 Å². The van der Waals surface area contributed by atoms with Crippen molar-refractivity contribution in [1.82, 2.24) is 0 Å². The van der Waals surface area contributed by atoms with E-state index in [1.807, 2.05) is 6.07 Å². The van der Waals surface area contributed by atoms with Crippen LogP contribution in [-0.2, 0) is 19.1 Å². The van der Waals surface area contributed by atoms with E-state index in [0.29, 0.717) is 10.5 Å². The summed E-state index contributed by atoms with van der Waals surface area (Å²) in [5.74, 6) is -6.66. The first-order valence-electron chi connectivity index (χ1n) is 9.56. The Morgan fingerprint density at radius 3 is 2.26 bits per heavy atom. The number of allylic oxidation sites excluding steroid dienone is 1. The van der Waals surface area contributed by atoms with Crippen LogP contribution in [0.15, 0.2) is 65.1 Å². The number of ether oxygens (including phenoxy) is 2. The highest BCUT2D eigenvalue weighted by Crippen LogP contribution is 2.45. The van der Waals surface area contributed by atoms with Gasteiger partial charge in [0.25, 0.3) is 0 Å². The molecule has 1 unspecified atom stereocenters. The number of nitrogens with zero attached hydrogens (tertiary/aromatic N) is 2. The number of anilines is 1. The molecule has 1 atom stereocenters. The van der Waals surface area contributed by atoms with Crippen LogP contribution in [0, 0.1) is 17.1 Å². The lowest BCUT2D eigenvalue weighted by molar-refractivity contribution is -0.139. The van der Waals surface area contributed by atoms with Crippen LogP contribution < -0.4 is 10.6 Å². The molecule has 2 aromatic rings. The smallest absolute Gasteiger partial charge is 0.355 e. The first kappa shape index (κ1) is 24.3. The van der Waals surface area contributed by atoms with Crippen molar-refractivity contribution in [2.75, 3.05) is 19.1 Å². The number of methoxy groups -OCH3 is 2. The van der Waals surface area contributed by atoms with Gasteiger partial charge in [0, 0.05) is 0 Å². The molecule has 3 N–H and O–H groups in total. The Kier molecular flexibility index (Phi) is 6.89. The highest BCUT2D eigenvalue weighted by Gasteiger charge is 2.44. The van der Waals surface area contributed by atoms with Crippen molar-refractivity contribution in [3.63, 3.8) is 0 Å². The van der Waals surface area contributed by atoms with Gasteiger partial charge in [0.15, 0.2) is 0 Å². The van der Waals surface area contributed by atoms with Gasteiger partial charge in [0.2, 0.25) is 0 Å². The van der Waals surface area contributed by atoms with E-state index in [4.69, 9.17) is 26.8 Å². The van der Waals surface area contributed by atoms with Gasteiger partial charge in [-0.1, -0.05) is 41.9 Å². The molecule has 0 spiro atoms. The van der Waals surface area contributed by atoms with Crippen LogP contribution in [0.5, 0.6) is 0 Å². The van der Waals surface area contributed by atoms with Gasteiger partial charge < -0.3 is 20.3 Å². The molecule has 0 saturated carbocycles. The second-order valence-electron chi connectivity index (χ2n) is 6.89. The predicted molar refractivity (Wildman–Crippen MR) is 118 cm³/mol. The summed E-state index contributed by atoms with van der Waals surface area (Å²) in [6.45, 7) is 0. The number of aromatic carboxylic acids is 1. The molecule has 2 aromatic carbocycles. The van der Waals surface area contributed by atoms with Crippen molar-refractivity contribution >= 4 is 35.2 Å². The molecule has 0 aliphatic carbocycles. The number of nitriles is 1. The molecule has 9 nitrogen and oxygen atoms in total. The molecule has 1 aliphatic rings. The van der Waals surface area contributed by atoms with Gasteiger partial charge in [-0.15, -0.1) is 0 Å². The molecule has 1 heterocycles. The molecule has 0 fully saturated rings. The SMILES string of the molecule is COC(=O)C1=C(C(=O)OC)N(c2c(F)ccc(Cl)c2C(=O)O)C(N)=C(C#N)C1c1ccccc1. The Morgan fingerprint density at radius 2 is 1.74 bits per heavy atom. The monoisotopic (exact) mass is 485 g/mol. The standard InChI is InChI=1S/C23H17ClFN3O6/c1-33-22(31)17-15(11-6-4-3-5-7-11)12(10-26)20(27)28(19(17)23(32)34-2)18-14(25)9-8-13(24)16(18)21(29)30/h3-9,15H,27H2,1-2H3,(H,29,30). The van der Waals surface area contributed by atoms with Gasteiger partial charge >= 0.3 is 17.9 Å². The number of benzene rings is 2. The summed E-state index contributed by atoms with van der Waals surface area (Å²) in [4.78, 5) is 38.6. The highest BCUT2D eigenvalue weighted by molar-refractivity contribution is 6.34. The lowest BCUT2D eigenvalue weighted by Gasteiger charge is -2.36. The van der Waals surface area contributed by atoms with Crippen LogP contribution in [0.25, 0.3) is 0 Å². The van der Waals surface area contributed by atoms with Crippen molar-refractivity contribution < 1.29 is 33.4 Å². The molecule has 0 saturated heterocycles. The third-order valence-electron chi connectivity index (χ3n) is 5.13. The minimum Gasteiger partial charge on any atom is -0.478 e. The summed E-state index contributed by atoms with van der Waals surface area (Å²) < 4.78 is 24.8. The molecular weight excluding hydrogens is 469 g/mol. The summed E-state index contributed by atoms with van der Waals surface area (Å²) in [5, 5.41) is 19.3. The zero-order valence-electron chi connectivity index (χ0n) is 17.8. The maximum atomic E-state index is 15.1. The number of halogens is 2. The molecule has 11 heteroatoms. The van der Waals surface area contributed by atoms with Crippen molar-refractivity contribution in [1.29, 1.82) is 5.26 Å². The average molecular weight is 486 g/mol. The molecule has 0 radical (unpaired) electrons. The van der Waals surface area contributed by atoms with Crippen LogP contribution in [0.2, 0.25) is 5.02 Å². The van der Waals surface area contributed by atoms with Gasteiger partial charge in [-0.2, -0.15) is 5.26 Å². The van der Waals surface area contributed by atoms with Crippen LogP contribution in [-0.4, -0.2) is 37.2 Å². The fourth-order valence-corrected chi connectivity index (χ4v) is 3.94. The number of hydrogen-bond donors (Lipinski definition) is 2. The molecule has 0 bridgehead atoms. The zero-order chi connectivity index (χ0) is 25.2. The van der Waals surface area contributed by atoms with Crippen molar-refractivity contribution in [2.45, 2.75) is 5.92 Å². The number of nitrogens with two attached hydrogens (primary N) is 1. The second kappa shape index (κ2) is 9.64. The van der Waals surface area contributed by atoms with Crippen molar-refractivity contribution in [3.05, 3.63) is 87.1 Å². The van der Waals surface area contributed by atoms with E-state index in [-0.39, 0.29) is 10.6 Å². The number of hydrogen-bond acceptors (Lipinski definition) is 8. The van der Waals surface area contributed by atoms with E-state index in [1.54, 1.807) is 30.3 Å². The van der Waals surface area contributed by atoms with Crippen LogP contribution >= 0.6 is 11.6 Å². The number of carboxylic acid groups (broad SMARTS) is 1. The highest BCUT2D eigenvalue weighted by atomic mass is 35.5. The lowest BCUT2D eigenvalue weighted by Crippen LogP contribution is -2.41. The molecule has 0 amide bonds. The first-order valence-corrected chi connectivity index (χ1v) is 9.94. The van der Waals surface area contributed by atoms with Crippen LogP contribution in [0.1, 0.15) is 21.8 Å². The number of carbonyl (C=O) groups is 3. The summed E-state index contributed by atoms with van der Waals surface area (Å²) in [7, 11) is 2.05. The third-order valence-corrected chi connectivity index (χ3v) is 5.44. The minimum atomic E-state index is -1.64. The number of esters is 2. The summed E-state index contributed by atoms with van der Waals surface area (Å²) in [5.41, 5.74) is 3.88. The fraction of sp³-hybridized carbons (Fsp3) is 0.130. The molecule has 1 aliphatic heterocycles. The topological polar surface area (TPSA) is 143 Å². The van der Waals surface area contributed by atoms with Crippen molar-refractivity contribution in [3.8, 4) is 6.07 Å². The number of carboxylic acids is 1. The maximum absolute atomic E-state index is 15.1. The second-order valence-corrected chi connectivity index (χ2v) is 7.30. The number of carbonyl (C=O) groups excluding carboxylic acids is 2. The zero-order valence-corrected chi connectivity index (χ0v) is 18.6. The molecule has 0 aromatic heterocycles. The molecule has 3 rings (SSSR count). The lowest BCUT2D eigenvalue weighted by atomic mass is 9.80. The molecule has 34 heavy (non-hydrogen) atoms. The van der Waals surface area contributed by atoms with Gasteiger partial charge in [0.05, 0.1) is 48.1 Å². The Balaban J connectivity index is 2.54. The molecular formula is C23H17ClFN3O6. The van der Waals surface area contributed by atoms with Crippen LogP contribution in [0.4, 0.5) is 10.1 Å². The van der Waals surface area contributed by atoms with E-state index in [9.17, 15) is 24.8 Å². The van der Waals surface area contributed by atoms with Gasteiger partial charge in [-0.05, 0) is 17.7 Å². The summed E-state index contributed by atoms with van der Waals surface area (Å²) >= 11 is 6.03. The van der Waals surface area contributed by atoms with Crippen molar-refractivity contribution in [2.24, 2.45) is 5.73 Å². The van der Waals surface area contributed by atoms with Gasteiger partial charge in [0.1, 0.15) is 22.9 Å². The summed E-state index contributed by atoms with van der Waals surface area (Å²) in [6, 6.07) is 11.9. The quantitative estimate of drug-likeness (QED) is 0.610. The Bertz CT molecular complexity index is 1300. The first-order chi connectivity index (χ1) is 16.2. The van der Waals surface area contributed by atoms with E-state index in [1.165, 1.54) is 0 Å². The van der Waals surface area contributed by atoms with E-state index in [0.717, 1.165) is 26.4 Å². The minimum absolute atomic E-state index is 0.255. The fourth-order valence-electron chi connectivity index (χ4n) is 3.71. The summed E-state index contributed by atoms with van der Waals surface area (Å²) in [6.07, 6.45) is 0. The van der Waals surface area contributed by atoms with E-state index >= 15 is 4.39 Å². The largest absolute Gasteiger partial charge is 0.478 e. The van der Waals surface area contributed by atoms with E-state index in [2.05, 4.69) is 0 Å². The van der Waals surface area contributed by atoms with Gasteiger partial charge in [-0.3, -0.25) is 4.90 Å². The third kappa shape index (κ3) is 3.93. The maximum Gasteiger partial charge on any atom is 0.355 e. The Hall–Kier alpha value is -4.36. The normalized spacial score (nSPS) is 15.6. The Morgan fingerprint density at radius 1 is 1.12 bits per heavy atom. The van der Waals surface area contributed by atoms with Gasteiger partial charge in [-0.25, -0.2) is 18.8 Å². The average Bonchev–Trinajstić information content (AvgIpc) is 2.83. The Labute approximate surface area is 198 Å². The van der Waals surface area contributed by atoms with Crippen LogP contribution in [0.3, 0.4) is 0 Å². The predicted octanol–water partition coefficient (Wildman–Crippen LogP) is 3.08. The molecule has 174 valence electrons. The number of rotatable bonds is 5.